The monoisotopic (exact) mass is 781 g/mol. The molecule has 2 N–H and O–H groups in total. The van der Waals surface area contributed by atoms with Gasteiger partial charge in [-0.25, -0.2) is 8.78 Å². The molecule has 2 aliphatic carbocycles. The van der Waals surface area contributed by atoms with Crippen LogP contribution in [-0.4, -0.2) is 65.0 Å². The van der Waals surface area contributed by atoms with Crippen LogP contribution in [0, 0.1) is 29.4 Å². The first-order valence-corrected chi connectivity index (χ1v) is 19.5. The van der Waals surface area contributed by atoms with Crippen molar-refractivity contribution in [3.8, 4) is 0 Å². The van der Waals surface area contributed by atoms with Crippen LogP contribution in [-0.2, 0) is 9.59 Å². The first-order valence-electron chi connectivity index (χ1n) is 17.1. The van der Waals surface area contributed by atoms with Crippen LogP contribution < -0.4 is 5.73 Å². The average Bonchev–Trinajstić information content (AvgIpc) is 3.98. The molecule has 0 radical (unpaired) electrons. The summed E-state index contributed by atoms with van der Waals surface area (Å²) in [6.45, 7) is 5.08. The van der Waals surface area contributed by atoms with E-state index in [9.17, 15) is 13.6 Å². The summed E-state index contributed by atoms with van der Waals surface area (Å²) in [6, 6.07) is 11.0. The molecule has 4 aromatic rings. The minimum atomic E-state index is -0.403. The van der Waals surface area contributed by atoms with Gasteiger partial charge in [-0.05, 0) is 136 Å². The average molecular weight is 783 g/mol. The highest BCUT2D eigenvalue weighted by molar-refractivity contribution is 7.21. The van der Waals surface area contributed by atoms with Crippen LogP contribution in [0.1, 0.15) is 67.5 Å². The number of hydrogen-bond donors (Lipinski definition) is 1. The van der Waals surface area contributed by atoms with E-state index in [4.69, 9.17) is 38.5 Å². The molecular formula is C37H40Cl3F2N3O3S2. The Kier molecular flexibility index (Phi) is 11.5. The summed E-state index contributed by atoms with van der Waals surface area (Å²) in [5.41, 5.74) is 7.06. The molecule has 8 aliphatic rings. The Balaban J connectivity index is 0.000000138. The number of Topliss-reactive ketones (excluding diaryl/α,β-unsaturated/α-hetero) is 1. The quantitative estimate of drug-likeness (QED) is 0.209. The fourth-order valence-electron chi connectivity index (χ4n) is 9.18. The lowest BCUT2D eigenvalue weighted by Crippen LogP contribution is -2.63. The number of nitrogens with two attached hydrogens (primary N) is 1. The number of piperidine rings is 6. The smallest absolute Gasteiger partial charge is 0.326 e. The van der Waals surface area contributed by atoms with E-state index in [1.165, 1.54) is 100 Å². The predicted molar refractivity (Wildman–Crippen MR) is 199 cm³/mol. The number of ketones is 1. The van der Waals surface area contributed by atoms with Gasteiger partial charge in [-0.3, -0.25) is 14.6 Å². The summed E-state index contributed by atoms with van der Waals surface area (Å²) in [7, 11) is 0. The topological polar surface area (TPSA) is 83.7 Å². The minimum Gasteiger partial charge on any atom is -0.326 e. The molecule has 50 heavy (non-hydrogen) atoms. The van der Waals surface area contributed by atoms with Crippen LogP contribution in [0.2, 0.25) is 10.0 Å². The molecule has 6 aliphatic heterocycles. The predicted octanol–water partition coefficient (Wildman–Crippen LogP) is 9.25. The molecule has 2 aromatic heterocycles. The van der Waals surface area contributed by atoms with Gasteiger partial charge in [0.2, 0.25) is 0 Å². The molecule has 2 saturated carbocycles. The van der Waals surface area contributed by atoms with E-state index in [1.54, 1.807) is 18.2 Å². The van der Waals surface area contributed by atoms with E-state index >= 15 is 0 Å². The molecule has 12 rings (SSSR count). The Morgan fingerprint density at radius 1 is 0.820 bits per heavy atom. The number of nitrogens with zero attached hydrogens (tertiary/aromatic N) is 2. The second-order valence-electron chi connectivity index (χ2n) is 14.3. The maximum absolute atomic E-state index is 14.1. The molecule has 2 atom stereocenters. The number of rotatable bonds is 3. The zero-order chi connectivity index (χ0) is 34.5. The van der Waals surface area contributed by atoms with Gasteiger partial charge in [0.05, 0.1) is 24.3 Å². The highest BCUT2D eigenvalue weighted by atomic mass is 35.5. The number of halogens is 5. The van der Waals surface area contributed by atoms with Crippen molar-refractivity contribution in [1.29, 1.82) is 0 Å². The van der Waals surface area contributed by atoms with Gasteiger partial charge in [0.15, 0.2) is 17.4 Å². The lowest BCUT2D eigenvalue weighted by molar-refractivity contribution is -0.191. The first kappa shape index (κ1) is 37.8. The maximum atomic E-state index is 14.1. The summed E-state index contributed by atoms with van der Waals surface area (Å²) in [4.78, 5) is 35.1. The molecule has 4 bridgehead atoms. The van der Waals surface area contributed by atoms with Crippen molar-refractivity contribution < 1.29 is 23.2 Å². The van der Waals surface area contributed by atoms with Gasteiger partial charge < -0.3 is 5.73 Å². The van der Waals surface area contributed by atoms with Crippen molar-refractivity contribution in [1.82, 2.24) is 9.80 Å². The standard InChI is InChI=1S/C19H19ClFNOS.C9H16N2.C8H4ClFS.CO2.ClH/c20-14-2-1-12-9-16(24-18(12)17(14)21)15(23)10-13-11-3-7-22(8-4-11)19(13)5-6-19;10-8-7-1-5-11(6-2-7)9(8)3-4-9;9-6-2-1-5-3-4-11-8(5)7(6)10;2-1-3;/h1-2,9,11,13H,3-8,10H2;7-8H,1-6,10H2;1-4H;;1H/t13-;8-;;;/m11.../s1. The summed E-state index contributed by atoms with van der Waals surface area (Å²) < 4.78 is 28.4. The number of carbonyl (C=O) groups excluding carboxylic acids is 3. The van der Waals surface area contributed by atoms with Crippen molar-refractivity contribution >= 4 is 90.4 Å². The molecule has 2 spiro atoms. The van der Waals surface area contributed by atoms with Gasteiger partial charge in [0.1, 0.15) is 0 Å². The van der Waals surface area contributed by atoms with Crippen LogP contribution in [0.5, 0.6) is 0 Å². The van der Waals surface area contributed by atoms with Crippen molar-refractivity contribution in [3.63, 3.8) is 0 Å². The Hall–Kier alpha value is -1.98. The van der Waals surface area contributed by atoms with Crippen molar-refractivity contribution in [2.75, 3.05) is 26.2 Å². The van der Waals surface area contributed by atoms with E-state index in [-0.39, 0.29) is 40.2 Å². The lowest BCUT2D eigenvalue weighted by Gasteiger charge is -2.52. The molecule has 8 fully saturated rings. The molecule has 8 heterocycles. The molecule has 268 valence electrons. The maximum Gasteiger partial charge on any atom is 0.373 e. The fraction of sp³-hybridized carbons (Fsp3) is 0.514. The molecule has 0 unspecified atom stereocenters. The van der Waals surface area contributed by atoms with Gasteiger partial charge >= 0.3 is 6.15 Å². The number of fused-ring (bicyclic) bond motifs is 6. The highest BCUT2D eigenvalue weighted by Gasteiger charge is 2.60. The van der Waals surface area contributed by atoms with Gasteiger partial charge in [-0.15, -0.1) is 35.1 Å². The third-order valence-electron chi connectivity index (χ3n) is 12.0. The Morgan fingerprint density at radius 2 is 1.34 bits per heavy atom. The van der Waals surface area contributed by atoms with E-state index in [1.807, 2.05) is 23.6 Å². The van der Waals surface area contributed by atoms with E-state index in [2.05, 4.69) is 9.80 Å². The lowest BCUT2D eigenvalue weighted by atomic mass is 9.70. The molecule has 6 nitrogen and oxygen atoms in total. The molecule has 2 aromatic carbocycles. The number of carbonyl (C=O) groups is 1. The van der Waals surface area contributed by atoms with Crippen LogP contribution in [0.15, 0.2) is 41.8 Å². The Morgan fingerprint density at radius 3 is 1.88 bits per heavy atom. The summed E-state index contributed by atoms with van der Waals surface area (Å²) in [6.07, 6.45) is 11.3. The summed E-state index contributed by atoms with van der Waals surface area (Å²) >= 11 is 14.1. The number of hydrogen-bond acceptors (Lipinski definition) is 8. The van der Waals surface area contributed by atoms with Crippen LogP contribution in [0.4, 0.5) is 8.78 Å². The van der Waals surface area contributed by atoms with Crippen LogP contribution in [0.25, 0.3) is 20.2 Å². The van der Waals surface area contributed by atoms with Crippen molar-refractivity contribution in [2.45, 2.75) is 74.9 Å². The zero-order valence-corrected chi connectivity index (χ0v) is 31.4. The molecule has 13 heteroatoms. The molecule has 6 saturated heterocycles. The number of thiophene rings is 2. The van der Waals surface area contributed by atoms with Gasteiger partial charge in [0, 0.05) is 23.5 Å². The second kappa shape index (κ2) is 15.2. The third-order valence-corrected chi connectivity index (χ3v) is 14.7. The van der Waals surface area contributed by atoms with Gasteiger partial charge in [-0.2, -0.15) is 9.59 Å². The molecule has 0 amide bonds. The zero-order valence-electron chi connectivity index (χ0n) is 27.5. The van der Waals surface area contributed by atoms with Crippen LogP contribution >= 0.6 is 58.3 Å². The van der Waals surface area contributed by atoms with Gasteiger partial charge in [-0.1, -0.05) is 35.3 Å². The van der Waals surface area contributed by atoms with E-state index < -0.39 is 5.82 Å². The Bertz CT molecular complexity index is 1890. The highest BCUT2D eigenvalue weighted by Crippen LogP contribution is 2.59. The third kappa shape index (κ3) is 6.93. The van der Waals surface area contributed by atoms with Crippen molar-refractivity contribution in [2.24, 2.45) is 23.5 Å². The minimum absolute atomic E-state index is 0. The Labute approximate surface area is 314 Å². The second-order valence-corrected chi connectivity index (χ2v) is 17.1. The SMILES string of the molecule is Cl.Fc1c(Cl)ccc2ccsc12.N[C@@H]1C2CCN(CC2)C12CC2.O=C(C[C@@H]1C2CCN(CC2)C12CC2)c1cc2ccc(Cl)c(F)c2s1.O=C=O. The summed E-state index contributed by atoms with van der Waals surface area (Å²) in [5.74, 6) is 1.52. The van der Waals surface area contributed by atoms with Gasteiger partial charge in [0.25, 0.3) is 0 Å². The van der Waals surface area contributed by atoms with E-state index in [0.29, 0.717) is 49.7 Å². The fourth-order valence-corrected chi connectivity index (χ4v) is 11.5. The first-order chi connectivity index (χ1) is 23.6. The van der Waals surface area contributed by atoms with E-state index in [0.717, 1.165) is 16.7 Å². The molecular weight excluding hydrogens is 743 g/mol. The number of benzene rings is 2. The summed E-state index contributed by atoms with van der Waals surface area (Å²) in [5, 5.41) is 3.86. The normalized spacial score (nSPS) is 28.3. The van der Waals surface area contributed by atoms with Crippen LogP contribution in [0.3, 0.4) is 0 Å². The van der Waals surface area contributed by atoms with Crippen molar-refractivity contribution in [3.05, 3.63) is 68.3 Å². The largest absolute Gasteiger partial charge is 0.373 e.